The average molecular weight is 553 g/mol. The van der Waals surface area contributed by atoms with Crippen molar-refractivity contribution in [1.82, 2.24) is 20.2 Å². The summed E-state index contributed by atoms with van der Waals surface area (Å²) >= 11 is 0. The molecule has 1 aromatic heterocycles. The Kier molecular flexibility index (Phi) is 10.7. The Labute approximate surface area is 236 Å². The summed E-state index contributed by atoms with van der Waals surface area (Å²) in [6, 6.07) is 5.43. The number of nitrogens with one attached hydrogen (secondary N) is 3. The Morgan fingerprint density at radius 2 is 2.05 bits per heavy atom. The molecular weight excluding hydrogens is 511 g/mol. The van der Waals surface area contributed by atoms with Crippen molar-refractivity contribution in [3.63, 3.8) is 0 Å². The van der Waals surface area contributed by atoms with Crippen molar-refractivity contribution in [2.24, 2.45) is 5.92 Å². The number of nitrogens with zero attached hydrogens (tertiary/aromatic N) is 3. The van der Waals surface area contributed by atoms with Crippen molar-refractivity contribution in [3.05, 3.63) is 41.8 Å². The van der Waals surface area contributed by atoms with Gasteiger partial charge in [-0.25, -0.2) is 14.2 Å². The third-order valence-corrected chi connectivity index (χ3v) is 6.49. The normalized spacial score (nSPS) is 17.6. The van der Waals surface area contributed by atoms with Crippen LogP contribution in [0.3, 0.4) is 0 Å². The number of benzene rings is 1. The number of likely N-dealkylation sites (N-methyl/N-ethyl adjacent to an activating group) is 1. The molecule has 40 heavy (non-hydrogen) atoms. The number of hydrogen-bond acceptors (Lipinski definition) is 7. The fourth-order valence-electron chi connectivity index (χ4n) is 4.23. The second-order valence-corrected chi connectivity index (χ2v) is 11.1. The first-order valence-corrected chi connectivity index (χ1v) is 13.9. The molecule has 0 spiro atoms. The Morgan fingerprint density at radius 3 is 2.75 bits per heavy atom. The summed E-state index contributed by atoms with van der Waals surface area (Å²) in [7, 11) is 1.57. The van der Waals surface area contributed by atoms with Crippen LogP contribution in [0.5, 0.6) is 0 Å². The minimum Gasteiger partial charge on any atom is -0.444 e. The van der Waals surface area contributed by atoms with Crippen LogP contribution < -0.4 is 16.0 Å². The van der Waals surface area contributed by atoms with E-state index in [2.05, 4.69) is 44.7 Å². The molecule has 1 aliphatic rings. The van der Waals surface area contributed by atoms with Gasteiger partial charge in [-0.15, -0.1) is 0 Å². The molecule has 0 saturated heterocycles. The summed E-state index contributed by atoms with van der Waals surface area (Å²) in [4.78, 5) is 35.5. The zero-order chi connectivity index (χ0) is 29.3. The summed E-state index contributed by atoms with van der Waals surface area (Å²) in [6.07, 6.45) is 5.50. The molecule has 1 heterocycles. The molecule has 10 heteroatoms. The van der Waals surface area contributed by atoms with Crippen LogP contribution in [0.2, 0.25) is 0 Å². The number of hydrogen-bond donors (Lipinski definition) is 3. The van der Waals surface area contributed by atoms with Crippen molar-refractivity contribution in [3.8, 4) is 11.8 Å². The summed E-state index contributed by atoms with van der Waals surface area (Å²) in [5.74, 6) is 7.09. The quantitative estimate of drug-likeness (QED) is 0.373. The molecule has 0 aliphatic heterocycles. The number of rotatable bonds is 8. The zero-order valence-corrected chi connectivity index (χ0v) is 24.3. The van der Waals surface area contributed by atoms with Crippen LogP contribution in [0.4, 0.5) is 26.6 Å². The fourth-order valence-corrected chi connectivity index (χ4v) is 4.23. The molecular formula is C30H41FN6O3. The zero-order valence-electron chi connectivity index (χ0n) is 24.3. The second-order valence-electron chi connectivity index (χ2n) is 11.1. The van der Waals surface area contributed by atoms with E-state index in [0.717, 1.165) is 38.6 Å². The number of halogens is 1. The van der Waals surface area contributed by atoms with Gasteiger partial charge in [-0.1, -0.05) is 31.3 Å². The number of aromatic nitrogens is 2. The highest BCUT2D eigenvalue weighted by Gasteiger charge is 2.29. The van der Waals surface area contributed by atoms with E-state index in [-0.39, 0.29) is 23.7 Å². The number of ether oxygens (including phenoxy) is 1. The lowest BCUT2D eigenvalue weighted by Gasteiger charge is -2.31. The highest BCUT2D eigenvalue weighted by molar-refractivity contribution is 5.85. The average Bonchev–Trinajstić information content (AvgIpc) is 2.89. The molecule has 0 radical (unpaired) electrons. The van der Waals surface area contributed by atoms with E-state index in [9.17, 15) is 14.0 Å². The van der Waals surface area contributed by atoms with Crippen molar-refractivity contribution >= 4 is 29.5 Å². The molecule has 1 fully saturated rings. The first kappa shape index (κ1) is 30.7. The van der Waals surface area contributed by atoms with Crippen LogP contribution in [0.25, 0.3) is 0 Å². The van der Waals surface area contributed by atoms with E-state index in [4.69, 9.17) is 4.74 Å². The molecule has 2 aromatic rings. The van der Waals surface area contributed by atoms with Gasteiger partial charge in [-0.2, -0.15) is 4.98 Å². The molecule has 0 bridgehead atoms. The molecule has 1 aliphatic carbocycles. The highest BCUT2D eigenvalue weighted by atomic mass is 19.1. The maximum Gasteiger partial charge on any atom is 0.410 e. The van der Waals surface area contributed by atoms with Gasteiger partial charge in [-0.05, 0) is 71.6 Å². The summed E-state index contributed by atoms with van der Waals surface area (Å²) in [5.41, 5.74) is 0.602. The van der Waals surface area contributed by atoms with Crippen LogP contribution in [0.15, 0.2) is 30.5 Å². The number of carbonyl (C=O) groups excluding carboxylic acids is 2. The van der Waals surface area contributed by atoms with Crippen LogP contribution in [0, 0.1) is 23.6 Å². The molecule has 3 atom stereocenters. The van der Waals surface area contributed by atoms with Gasteiger partial charge < -0.3 is 20.7 Å². The van der Waals surface area contributed by atoms with Gasteiger partial charge in [-0.3, -0.25) is 9.69 Å². The third kappa shape index (κ3) is 9.40. The van der Waals surface area contributed by atoms with Gasteiger partial charge in [0.15, 0.2) is 0 Å². The predicted molar refractivity (Wildman–Crippen MR) is 155 cm³/mol. The topological polar surface area (TPSA) is 108 Å². The molecule has 216 valence electrons. The lowest BCUT2D eigenvalue weighted by Crippen LogP contribution is -2.50. The third-order valence-electron chi connectivity index (χ3n) is 6.49. The standard InChI is InChI=1S/C30H41FN6O3/c1-7-16-32-26-22(19-33-28(36-26)35-25-13-9-11-23(31)18-25)15-14-21-10-8-12-24(17-21)34-27(38)20(2)37(6)29(39)40-30(3,4)5/h9,11,13,18-21,24H,7-8,10,12,16-17H2,1-6H3,(H,34,38)(H2,32,33,35,36)/t20-,21?,24-/m0/s1. The Morgan fingerprint density at radius 1 is 1.27 bits per heavy atom. The molecule has 2 amide bonds. The number of amides is 2. The van der Waals surface area contributed by atoms with Crippen molar-refractivity contribution < 1.29 is 18.7 Å². The molecule has 3 rings (SSSR count). The number of anilines is 3. The van der Waals surface area contributed by atoms with Crippen molar-refractivity contribution in [2.45, 2.75) is 84.4 Å². The van der Waals surface area contributed by atoms with Gasteiger partial charge >= 0.3 is 6.09 Å². The molecule has 9 nitrogen and oxygen atoms in total. The second kappa shape index (κ2) is 14.0. The number of carbonyl (C=O) groups is 2. The van der Waals surface area contributed by atoms with Crippen LogP contribution in [-0.2, 0) is 9.53 Å². The van der Waals surface area contributed by atoms with E-state index in [1.165, 1.54) is 17.0 Å². The molecule has 1 unspecified atom stereocenters. The maximum absolute atomic E-state index is 13.6. The van der Waals surface area contributed by atoms with Gasteiger partial charge in [0, 0.05) is 31.2 Å². The Bertz CT molecular complexity index is 1240. The van der Waals surface area contributed by atoms with Gasteiger partial charge in [0.05, 0.1) is 11.8 Å². The Hall–Kier alpha value is -3.87. The van der Waals surface area contributed by atoms with E-state index in [1.54, 1.807) is 53.1 Å². The largest absolute Gasteiger partial charge is 0.444 e. The van der Waals surface area contributed by atoms with E-state index in [0.29, 0.717) is 23.0 Å². The summed E-state index contributed by atoms with van der Waals surface area (Å²) < 4.78 is 18.9. The fraction of sp³-hybridized carbons (Fsp3) is 0.533. The first-order chi connectivity index (χ1) is 18.9. The van der Waals surface area contributed by atoms with Crippen molar-refractivity contribution in [1.29, 1.82) is 0 Å². The Balaban J connectivity index is 1.64. The van der Waals surface area contributed by atoms with Crippen LogP contribution in [0.1, 0.15) is 72.3 Å². The van der Waals surface area contributed by atoms with E-state index in [1.807, 2.05) is 0 Å². The van der Waals surface area contributed by atoms with Gasteiger partial charge in [0.2, 0.25) is 11.9 Å². The maximum atomic E-state index is 13.6. The molecule has 1 saturated carbocycles. The molecule has 3 N–H and O–H groups in total. The minimum atomic E-state index is -0.662. The van der Waals surface area contributed by atoms with Crippen LogP contribution in [-0.4, -0.2) is 58.1 Å². The molecule has 1 aromatic carbocycles. The van der Waals surface area contributed by atoms with Crippen LogP contribution >= 0.6 is 0 Å². The van der Waals surface area contributed by atoms with E-state index < -0.39 is 17.7 Å². The summed E-state index contributed by atoms with van der Waals surface area (Å²) in [5, 5.41) is 9.42. The lowest BCUT2D eigenvalue weighted by molar-refractivity contribution is -0.126. The first-order valence-electron chi connectivity index (χ1n) is 13.9. The monoisotopic (exact) mass is 552 g/mol. The SMILES string of the molecule is CCCNc1nc(Nc2cccc(F)c2)ncc1C#CC1CCC[C@H](NC(=O)[C@H](C)N(C)C(=O)OC(C)(C)C)C1. The summed E-state index contributed by atoms with van der Waals surface area (Å²) in [6.45, 7) is 9.85. The van der Waals surface area contributed by atoms with Gasteiger partial charge in [0.25, 0.3) is 0 Å². The van der Waals surface area contributed by atoms with E-state index >= 15 is 0 Å². The highest BCUT2D eigenvalue weighted by Crippen LogP contribution is 2.25. The van der Waals surface area contributed by atoms with Crippen molar-refractivity contribution in [2.75, 3.05) is 24.2 Å². The predicted octanol–water partition coefficient (Wildman–Crippen LogP) is 5.46. The minimum absolute atomic E-state index is 0.0261. The smallest absolute Gasteiger partial charge is 0.410 e. The lowest BCUT2D eigenvalue weighted by atomic mass is 9.86. The van der Waals surface area contributed by atoms with Gasteiger partial charge in [0.1, 0.15) is 23.3 Å².